The average Bonchev–Trinajstić information content (AvgIpc) is 4.10. The van der Waals surface area contributed by atoms with Crippen molar-refractivity contribution in [3.05, 3.63) is 237 Å². The molecule has 0 radical (unpaired) electrons. The lowest BCUT2D eigenvalue weighted by atomic mass is 10.0. The number of thiophene rings is 1. The zero-order valence-corrected chi connectivity index (χ0v) is 38.0. The number of aromatic nitrogens is 5. The van der Waals surface area contributed by atoms with Crippen molar-refractivity contribution in [3.8, 4) is 67.8 Å². The van der Waals surface area contributed by atoms with Gasteiger partial charge in [-0.1, -0.05) is 182 Å². The molecule has 0 bridgehead atoms. The van der Waals surface area contributed by atoms with Gasteiger partial charge >= 0.3 is 0 Å². The second-order valence-corrected chi connectivity index (χ2v) is 18.6. The van der Waals surface area contributed by atoms with E-state index in [2.05, 4.69) is 221 Å². The van der Waals surface area contributed by atoms with Crippen LogP contribution in [-0.2, 0) is 0 Å². The van der Waals surface area contributed by atoms with E-state index in [1.54, 1.807) is 0 Å². The van der Waals surface area contributed by atoms with Crippen LogP contribution in [0.5, 0.6) is 0 Å². The molecule has 4 aromatic heterocycles. The van der Waals surface area contributed by atoms with E-state index in [1.165, 1.54) is 69.4 Å². The van der Waals surface area contributed by atoms with Crippen LogP contribution in [-0.4, -0.2) is 24.1 Å². The average molecular weight is 898 g/mol. The van der Waals surface area contributed by atoms with E-state index in [9.17, 15) is 0 Å². The number of fused-ring (bicyclic) bond motifs is 11. The first-order valence-corrected chi connectivity index (χ1v) is 24.1. The van der Waals surface area contributed by atoms with Gasteiger partial charge in [-0.2, -0.15) is 0 Å². The molecule has 5 nitrogen and oxygen atoms in total. The van der Waals surface area contributed by atoms with E-state index in [-0.39, 0.29) is 0 Å². The quantitative estimate of drug-likeness (QED) is 0.160. The minimum Gasteiger partial charge on any atom is -0.308 e. The lowest BCUT2D eigenvalue weighted by Crippen LogP contribution is -2.00. The molecule has 0 saturated heterocycles. The van der Waals surface area contributed by atoms with Gasteiger partial charge in [0.1, 0.15) is 0 Å². The van der Waals surface area contributed by atoms with Crippen molar-refractivity contribution in [1.82, 2.24) is 24.1 Å². The van der Waals surface area contributed by atoms with Gasteiger partial charge in [0.25, 0.3) is 0 Å². The SMILES string of the molecule is c1ccc(-c2cccc(-c3nc(-c4ccccc4)nc(-c4ccc(-n5c6ccccc6c6ccc7c8ccc9c%10ccccc%10n(-c%10cccc(-c%11ccccc%11)c%10)c9c8sc7c65)cc4)n3)c2)cc1. The normalized spacial score (nSPS) is 11.8. The molecule has 0 spiro atoms. The molecule has 0 atom stereocenters. The van der Waals surface area contributed by atoms with Crippen molar-refractivity contribution >= 4 is 75.1 Å². The summed E-state index contributed by atoms with van der Waals surface area (Å²) in [6, 6.07) is 84.3. The minimum atomic E-state index is 0.623. The Hall–Kier alpha value is -8.97. The zero-order valence-electron chi connectivity index (χ0n) is 37.2. The second-order valence-electron chi connectivity index (χ2n) is 17.6. The zero-order chi connectivity index (χ0) is 45.4. The third-order valence-corrected chi connectivity index (χ3v) is 14.8. The molecular weight excluding hydrogens is 859 g/mol. The Kier molecular flexibility index (Phi) is 9.00. The smallest absolute Gasteiger partial charge is 0.164 e. The Morgan fingerprint density at radius 2 is 0.667 bits per heavy atom. The Morgan fingerprint density at radius 1 is 0.261 bits per heavy atom. The largest absolute Gasteiger partial charge is 0.308 e. The lowest BCUT2D eigenvalue weighted by Gasteiger charge is -2.11. The van der Waals surface area contributed by atoms with Gasteiger partial charge in [0.15, 0.2) is 17.5 Å². The first kappa shape index (κ1) is 39.2. The van der Waals surface area contributed by atoms with Crippen molar-refractivity contribution in [2.45, 2.75) is 0 Å². The molecule has 0 fully saturated rings. The number of benzene rings is 10. The van der Waals surface area contributed by atoms with Crippen LogP contribution in [0, 0.1) is 0 Å². The molecule has 14 aromatic rings. The summed E-state index contributed by atoms with van der Waals surface area (Å²) in [5.74, 6) is 1.89. The highest BCUT2D eigenvalue weighted by Gasteiger charge is 2.22. The fourth-order valence-corrected chi connectivity index (χ4v) is 11.7. The number of hydrogen-bond donors (Lipinski definition) is 0. The topological polar surface area (TPSA) is 48.5 Å². The molecule has 0 aliphatic heterocycles. The van der Waals surface area contributed by atoms with Crippen LogP contribution in [0.1, 0.15) is 0 Å². The molecule has 6 heteroatoms. The third kappa shape index (κ3) is 6.41. The molecule has 14 rings (SSSR count). The lowest BCUT2D eigenvalue weighted by molar-refractivity contribution is 1.07. The van der Waals surface area contributed by atoms with Crippen molar-refractivity contribution in [3.63, 3.8) is 0 Å². The fraction of sp³-hybridized carbons (Fsp3) is 0. The van der Waals surface area contributed by atoms with E-state index in [1.807, 2.05) is 35.6 Å². The van der Waals surface area contributed by atoms with Crippen molar-refractivity contribution < 1.29 is 0 Å². The van der Waals surface area contributed by atoms with Gasteiger partial charge in [0, 0.05) is 60.4 Å². The van der Waals surface area contributed by atoms with Crippen molar-refractivity contribution in [2.24, 2.45) is 0 Å². The van der Waals surface area contributed by atoms with E-state index >= 15 is 0 Å². The molecule has 10 aromatic carbocycles. The Bertz CT molecular complexity index is 4280. The van der Waals surface area contributed by atoms with E-state index in [0.717, 1.165) is 44.7 Å². The monoisotopic (exact) mass is 897 g/mol. The highest BCUT2D eigenvalue weighted by atomic mass is 32.1. The van der Waals surface area contributed by atoms with Gasteiger partial charge in [0.05, 0.1) is 31.5 Å². The predicted octanol–water partition coefficient (Wildman–Crippen LogP) is 16.8. The van der Waals surface area contributed by atoms with Crippen LogP contribution < -0.4 is 0 Å². The summed E-state index contributed by atoms with van der Waals surface area (Å²) >= 11 is 1.90. The van der Waals surface area contributed by atoms with Gasteiger partial charge in [0.2, 0.25) is 0 Å². The van der Waals surface area contributed by atoms with Gasteiger partial charge < -0.3 is 9.13 Å². The van der Waals surface area contributed by atoms with Gasteiger partial charge in [-0.25, -0.2) is 15.0 Å². The number of hydrogen-bond acceptors (Lipinski definition) is 4. The van der Waals surface area contributed by atoms with E-state index in [0.29, 0.717) is 17.5 Å². The second kappa shape index (κ2) is 15.8. The van der Waals surface area contributed by atoms with Crippen molar-refractivity contribution in [2.75, 3.05) is 0 Å². The molecule has 0 saturated carbocycles. The van der Waals surface area contributed by atoms with Crippen LogP contribution in [0.2, 0.25) is 0 Å². The summed E-state index contributed by atoms with van der Waals surface area (Å²) in [5, 5.41) is 7.46. The number of para-hydroxylation sites is 2. The van der Waals surface area contributed by atoms with Gasteiger partial charge in [-0.3, -0.25) is 0 Å². The third-order valence-electron chi connectivity index (χ3n) is 13.6. The maximum absolute atomic E-state index is 5.15. The highest BCUT2D eigenvalue weighted by molar-refractivity contribution is 7.27. The van der Waals surface area contributed by atoms with Gasteiger partial charge in [-0.05, 0) is 76.9 Å². The van der Waals surface area contributed by atoms with Crippen LogP contribution in [0.25, 0.3) is 132 Å². The summed E-state index contributed by atoms with van der Waals surface area (Å²) in [4.78, 5) is 15.3. The summed E-state index contributed by atoms with van der Waals surface area (Å²) in [5.41, 5.74) is 14.5. The minimum absolute atomic E-state index is 0.623. The standard InChI is InChI=1S/C63H39N5S/c1-4-16-40(17-5-1)44-22-14-24-46(38-44)63-65-61(42-20-8-3-9-21-42)64-62(66-63)43-30-32-47(33-31-43)67-55-28-12-10-26-49(55)51-34-36-53-54-37-35-52-50-27-11-13-29-56(50)68(58(52)60(54)69-59(53)57(51)67)48-25-15-23-45(39-48)41-18-6-2-7-19-41/h1-39H. The molecule has 69 heavy (non-hydrogen) atoms. The summed E-state index contributed by atoms with van der Waals surface area (Å²) in [6.45, 7) is 0. The Balaban J connectivity index is 0.948. The molecule has 322 valence electrons. The maximum Gasteiger partial charge on any atom is 0.164 e. The van der Waals surface area contributed by atoms with Crippen LogP contribution in [0.4, 0.5) is 0 Å². The molecule has 0 amide bonds. The molecule has 0 unspecified atom stereocenters. The summed E-state index contributed by atoms with van der Waals surface area (Å²) in [7, 11) is 0. The van der Waals surface area contributed by atoms with E-state index < -0.39 is 0 Å². The Morgan fingerprint density at radius 3 is 1.23 bits per heavy atom. The van der Waals surface area contributed by atoms with E-state index in [4.69, 9.17) is 15.0 Å². The Labute approximate surface area is 401 Å². The molecule has 0 aliphatic carbocycles. The molecule has 0 aliphatic rings. The first-order chi connectivity index (χ1) is 34.2. The maximum atomic E-state index is 5.15. The molecular formula is C63H39N5S. The fourth-order valence-electron chi connectivity index (χ4n) is 10.4. The van der Waals surface area contributed by atoms with Crippen LogP contribution >= 0.6 is 11.3 Å². The van der Waals surface area contributed by atoms with Crippen molar-refractivity contribution in [1.29, 1.82) is 0 Å². The van der Waals surface area contributed by atoms with Gasteiger partial charge in [-0.15, -0.1) is 11.3 Å². The predicted molar refractivity (Wildman–Crippen MR) is 289 cm³/mol. The number of rotatable bonds is 7. The summed E-state index contributed by atoms with van der Waals surface area (Å²) in [6.07, 6.45) is 0. The van der Waals surface area contributed by atoms with Crippen LogP contribution in [0.15, 0.2) is 237 Å². The molecule has 4 heterocycles. The number of nitrogens with zero attached hydrogens (tertiary/aromatic N) is 5. The first-order valence-electron chi connectivity index (χ1n) is 23.3. The highest BCUT2D eigenvalue weighted by Crippen LogP contribution is 2.47. The van der Waals surface area contributed by atoms with Crippen LogP contribution in [0.3, 0.4) is 0 Å². The summed E-state index contributed by atoms with van der Waals surface area (Å²) < 4.78 is 7.47. The molecule has 0 N–H and O–H groups in total.